The van der Waals surface area contributed by atoms with Gasteiger partial charge in [-0.3, -0.25) is 19.0 Å². The highest BCUT2D eigenvalue weighted by Gasteiger charge is 2.11. The number of nitrogens with zero attached hydrogens (tertiary/aromatic N) is 4. The van der Waals surface area contributed by atoms with Crippen LogP contribution < -0.4 is 10.9 Å². The lowest BCUT2D eigenvalue weighted by Gasteiger charge is -2.05. The largest absolute Gasteiger partial charge is 0.345 e. The Morgan fingerprint density at radius 3 is 3.08 bits per heavy atom. The number of benzene rings is 1. The third kappa shape index (κ3) is 2.39. The second-order valence-electron chi connectivity index (χ2n) is 5.19. The minimum Gasteiger partial charge on any atom is -0.345 e. The molecule has 0 atom stereocenters. The van der Waals surface area contributed by atoms with Crippen molar-refractivity contribution in [2.24, 2.45) is 0 Å². The smallest absolute Gasteiger partial charge is 0.293 e. The summed E-state index contributed by atoms with van der Waals surface area (Å²) in [6, 6.07) is 9.03. The maximum Gasteiger partial charge on any atom is 0.293 e. The molecule has 118 valence electrons. The number of H-pyrrole nitrogens is 1. The molecule has 0 unspecified atom stereocenters. The van der Waals surface area contributed by atoms with Crippen molar-refractivity contribution in [3.63, 3.8) is 0 Å². The monoisotopic (exact) mass is 320 g/mol. The molecular formula is C16H12N6O2. The molecule has 0 radical (unpaired) electrons. The summed E-state index contributed by atoms with van der Waals surface area (Å²) in [7, 11) is 0. The van der Waals surface area contributed by atoms with E-state index in [0.29, 0.717) is 11.4 Å². The van der Waals surface area contributed by atoms with Crippen LogP contribution in [0.3, 0.4) is 0 Å². The van der Waals surface area contributed by atoms with E-state index in [4.69, 9.17) is 0 Å². The van der Waals surface area contributed by atoms with Crippen LogP contribution in [-0.4, -0.2) is 30.5 Å². The van der Waals surface area contributed by atoms with Crippen molar-refractivity contribution < 1.29 is 4.79 Å². The molecule has 1 aromatic carbocycles. The fraction of sp³-hybridized carbons (Fsp3) is 0.0625. The number of amides is 1. The van der Waals surface area contributed by atoms with Crippen molar-refractivity contribution in [1.29, 1.82) is 0 Å². The maximum atomic E-state index is 12.3. The normalized spacial score (nSPS) is 11.0. The second kappa shape index (κ2) is 5.58. The predicted octanol–water partition coefficient (Wildman–Crippen LogP) is 0.896. The summed E-state index contributed by atoms with van der Waals surface area (Å²) in [4.78, 5) is 30.7. The number of aromatic amines is 1. The van der Waals surface area contributed by atoms with E-state index in [2.05, 4.69) is 25.5 Å². The number of fused-ring (bicyclic) bond motifs is 2. The van der Waals surface area contributed by atoms with E-state index < -0.39 is 0 Å². The summed E-state index contributed by atoms with van der Waals surface area (Å²) in [6.07, 6.45) is 4.85. The predicted molar refractivity (Wildman–Crippen MR) is 86.5 cm³/mol. The molecule has 0 aliphatic rings. The molecular weight excluding hydrogens is 308 g/mol. The number of hydrogen-bond acceptors (Lipinski definition) is 5. The van der Waals surface area contributed by atoms with Gasteiger partial charge in [0, 0.05) is 29.5 Å². The maximum absolute atomic E-state index is 12.3. The Balaban J connectivity index is 1.57. The van der Waals surface area contributed by atoms with E-state index in [-0.39, 0.29) is 23.7 Å². The summed E-state index contributed by atoms with van der Waals surface area (Å²) in [6.45, 7) is 0.161. The Bertz CT molecular complexity index is 1110. The number of rotatable bonds is 3. The molecule has 3 aromatic heterocycles. The van der Waals surface area contributed by atoms with Crippen molar-refractivity contribution >= 4 is 22.5 Å². The van der Waals surface area contributed by atoms with Gasteiger partial charge >= 0.3 is 0 Å². The van der Waals surface area contributed by atoms with Gasteiger partial charge in [0.05, 0.1) is 12.1 Å². The lowest BCUT2D eigenvalue weighted by Crippen LogP contribution is -2.24. The number of nitrogens with one attached hydrogen (secondary N) is 2. The van der Waals surface area contributed by atoms with Crippen LogP contribution in [0.1, 0.15) is 16.2 Å². The van der Waals surface area contributed by atoms with Gasteiger partial charge in [0.1, 0.15) is 0 Å². The summed E-state index contributed by atoms with van der Waals surface area (Å²) in [5.74, 6) is 0.245. The van der Waals surface area contributed by atoms with Crippen molar-refractivity contribution in [3.05, 3.63) is 70.7 Å². The average molecular weight is 320 g/mol. The minimum absolute atomic E-state index is 0.161. The van der Waals surface area contributed by atoms with Crippen molar-refractivity contribution in [1.82, 2.24) is 29.9 Å². The van der Waals surface area contributed by atoms with E-state index in [0.717, 1.165) is 10.9 Å². The molecule has 0 saturated heterocycles. The van der Waals surface area contributed by atoms with Crippen LogP contribution in [0.2, 0.25) is 0 Å². The summed E-state index contributed by atoms with van der Waals surface area (Å²) < 4.78 is 1.55. The molecule has 1 amide bonds. The van der Waals surface area contributed by atoms with Gasteiger partial charge in [0.15, 0.2) is 5.82 Å². The Morgan fingerprint density at radius 1 is 1.25 bits per heavy atom. The van der Waals surface area contributed by atoms with Crippen molar-refractivity contribution in [2.75, 3.05) is 0 Å². The SMILES string of the molecule is O=C(NCc1nnc2c(=O)[nH]ccn12)c1ccc2ncccc2c1. The summed E-state index contributed by atoms with van der Waals surface area (Å²) in [5.41, 5.74) is 1.22. The van der Waals surface area contributed by atoms with Crippen LogP contribution in [-0.2, 0) is 6.54 Å². The first-order chi connectivity index (χ1) is 11.7. The molecule has 0 fully saturated rings. The van der Waals surface area contributed by atoms with Crippen LogP contribution >= 0.6 is 0 Å². The van der Waals surface area contributed by atoms with Gasteiger partial charge in [-0.15, -0.1) is 10.2 Å². The molecule has 8 heteroatoms. The van der Waals surface area contributed by atoms with Gasteiger partial charge in [0.2, 0.25) is 5.65 Å². The average Bonchev–Trinajstić information content (AvgIpc) is 3.04. The molecule has 0 spiro atoms. The lowest BCUT2D eigenvalue weighted by atomic mass is 10.1. The number of carbonyl (C=O) groups is 1. The van der Waals surface area contributed by atoms with Gasteiger partial charge < -0.3 is 10.3 Å². The zero-order chi connectivity index (χ0) is 16.5. The van der Waals surface area contributed by atoms with Crippen LogP contribution in [0.4, 0.5) is 0 Å². The first-order valence-electron chi connectivity index (χ1n) is 7.27. The van der Waals surface area contributed by atoms with Gasteiger partial charge in [0.25, 0.3) is 11.5 Å². The molecule has 0 aliphatic carbocycles. The molecule has 4 rings (SSSR count). The first-order valence-corrected chi connectivity index (χ1v) is 7.27. The highest BCUT2D eigenvalue weighted by molar-refractivity contribution is 5.97. The molecule has 0 saturated carbocycles. The van der Waals surface area contributed by atoms with Crippen molar-refractivity contribution in [2.45, 2.75) is 6.54 Å². The highest BCUT2D eigenvalue weighted by Crippen LogP contribution is 2.13. The Morgan fingerprint density at radius 2 is 2.17 bits per heavy atom. The van der Waals surface area contributed by atoms with Gasteiger partial charge in [-0.05, 0) is 24.3 Å². The molecule has 0 aliphatic heterocycles. The fourth-order valence-electron chi connectivity index (χ4n) is 2.49. The van der Waals surface area contributed by atoms with E-state index in [1.54, 1.807) is 35.0 Å². The minimum atomic E-state index is -0.329. The summed E-state index contributed by atoms with van der Waals surface area (Å²) in [5, 5.41) is 11.4. The zero-order valence-electron chi connectivity index (χ0n) is 12.4. The molecule has 8 nitrogen and oxygen atoms in total. The van der Waals surface area contributed by atoms with E-state index in [1.807, 2.05) is 12.1 Å². The Hall–Kier alpha value is -3.55. The highest BCUT2D eigenvalue weighted by atomic mass is 16.1. The van der Waals surface area contributed by atoms with Gasteiger partial charge in [-0.1, -0.05) is 6.07 Å². The molecule has 4 aromatic rings. The summed E-state index contributed by atoms with van der Waals surface area (Å²) >= 11 is 0. The zero-order valence-corrected chi connectivity index (χ0v) is 12.4. The third-order valence-electron chi connectivity index (χ3n) is 3.68. The van der Waals surface area contributed by atoms with Gasteiger partial charge in [-0.2, -0.15) is 0 Å². The van der Waals surface area contributed by atoms with Crippen LogP contribution in [0.15, 0.2) is 53.7 Å². The number of pyridine rings is 1. The third-order valence-corrected chi connectivity index (χ3v) is 3.68. The molecule has 3 heterocycles. The quantitative estimate of drug-likeness (QED) is 0.583. The van der Waals surface area contributed by atoms with E-state index in [1.165, 1.54) is 6.20 Å². The van der Waals surface area contributed by atoms with E-state index >= 15 is 0 Å². The molecule has 24 heavy (non-hydrogen) atoms. The number of carbonyl (C=O) groups excluding carboxylic acids is 1. The topological polar surface area (TPSA) is 105 Å². The number of hydrogen-bond donors (Lipinski definition) is 2. The van der Waals surface area contributed by atoms with Crippen molar-refractivity contribution in [3.8, 4) is 0 Å². The standard InChI is InChI=1S/C16H12N6O2/c23-15(11-3-4-12-10(8-11)2-1-5-17-12)19-9-13-20-21-14-16(24)18-6-7-22(13)14/h1-8H,9H2,(H,18,24)(H,19,23). The fourth-order valence-corrected chi connectivity index (χ4v) is 2.49. The van der Waals surface area contributed by atoms with Crippen LogP contribution in [0.25, 0.3) is 16.6 Å². The lowest BCUT2D eigenvalue weighted by molar-refractivity contribution is 0.0950. The second-order valence-corrected chi connectivity index (χ2v) is 5.19. The first kappa shape index (κ1) is 14.1. The van der Waals surface area contributed by atoms with Gasteiger partial charge in [-0.25, -0.2) is 0 Å². The van der Waals surface area contributed by atoms with Crippen LogP contribution in [0.5, 0.6) is 0 Å². The molecule has 2 N–H and O–H groups in total. The van der Waals surface area contributed by atoms with E-state index in [9.17, 15) is 9.59 Å². The van der Waals surface area contributed by atoms with Crippen LogP contribution in [0, 0.1) is 0 Å². The Labute approximate surface area is 135 Å². The molecule has 0 bridgehead atoms. The Kier molecular flexibility index (Phi) is 3.27. The number of aromatic nitrogens is 5.